The predicted molar refractivity (Wildman–Crippen MR) is 73.1 cm³/mol. The fourth-order valence-corrected chi connectivity index (χ4v) is 3.57. The standard InChI is InChI=1S/C12H17ClN2O2S/c1-3-8-5-11(8)15-18(16,17)9-4-7(2)12(13)10(14)6-9/h4,6,8,11,15H,3,5,14H2,1-2H3. The molecule has 2 rings (SSSR count). The lowest BCUT2D eigenvalue weighted by atomic mass is 10.2. The van der Waals surface area contributed by atoms with Gasteiger partial charge >= 0.3 is 0 Å². The number of nitrogens with one attached hydrogen (secondary N) is 1. The van der Waals surface area contributed by atoms with E-state index in [0.29, 0.717) is 22.2 Å². The molecule has 2 atom stereocenters. The summed E-state index contributed by atoms with van der Waals surface area (Å²) in [4.78, 5) is 0.184. The highest BCUT2D eigenvalue weighted by Crippen LogP contribution is 2.35. The Morgan fingerprint density at radius 1 is 1.50 bits per heavy atom. The minimum atomic E-state index is -3.49. The molecule has 1 aliphatic carbocycles. The molecule has 6 heteroatoms. The van der Waals surface area contributed by atoms with Crippen molar-refractivity contribution < 1.29 is 8.42 Å². The number of sulfonamides is 1. The number of rotatable bonds is 4. The predicted octanol–water partition coefficient (Wildman–Crippen LogP) is 2.31. The van der Waals surface area contributed by atoms with Gasteiger partial charge in [-0.3, -0.25) is 0 Å². The van der Waals surface area contributed by atoms with Gasteiger partial charge in [0.1, 0.15) is 0 Å². The minimum Gasteiger partial charge on any atom is -0.397 e. The largest absolute Gasteiger partial charge is 0.397 e. The lowest BCUT2D eigenvalue weighted by Crippen LogP contribution is -2.27. The maximum absolute atomic E-state index is 12.2. The van der Waals surface area contributed by atoms with Crippen LogP contribution in [0.2, 0.25) is 5.02 Å². The van der Waals surface area contributed by atoms with Crippen LogP contribution in [0, 0.1) is 12.8 Å². The molecular weight excluding hydrogens is 272 g/mol. The van der Waals surface area contributed by atoms with E-state index in [9.17, 15) is 8.42 Å². The number of nitrogen functional groups attached to an aromatic ring is 1. The molecule has 1 aliphatic rings. The van der Waals surface area contributed by atoms with Crippen molar-refractivity contribution in [2.45, 2.75) is 37.6 Å². The smallest absolute Gasteiger partial charge is 0.240 e. The molecule has 1 fully saturated rings. The van der Waals surface area contributed by atoms with Gasteiger partial charge in [0.2, 0.25) is 10.0 Å². The Morgan fingerprint density at radius 3 is 2.67 bits per heavy atom. The number of halogens is 1. The van der Waals surface area contributed by atoms with Crippen LogP contribution in [0.15, 0.2) is 17.0 Å². The van der Waals surface area contributed by atoms with Crippen molar-refractivity contribution in [1.29, 1.82) is 0 Å². The third kappa shape index (κ3) is 2.63. The van der Waals surface area contributed by atoms with Gasteiger partial charge in [-0.2, -0.15) is 0 Å². The molecular formula is C12H17ClN2O2S. The van der Waals surface area contributed by atoms with Gasteiger partial charge in [0, 0.05) is 6.04 Å². The Kier molecular flexibility index (Phi) is 3.58. The number of nitrogens with two attached hydrogens (primary N) is 1. The zero-order chi connectivity index (χ0) is 13.5. The highest BCUT2D eigenvalue weighted by Gasteiger charge is 2.38. The van der Waals surface area contributed by atoms with Gasteiger partial charge in [0.15, 0.2) is 0 Å². The third-order valence-corrected chi connectivity index (χ3v) is 5.31. The van der Waals surface area contributed by atoms with Crippen LogP contribution >= 0.6 is 11.6 Å². The van der Waals surface area contributed by atoms with Crippen LogP contribution in [-0.4, -0.2) is 14.5 Å². The van der Waals surface area contributed by atoms with E-state index in [2.05, 4.69) is 11.6 Å². The molecule has 100 valence electrons. The molecule has 0 bridgehead atoms. The molecule has 1 aromatic carbocycles. The van der Waals surface area contributed by atoms with Crippen molar-refractivity contribution in [2.75, 3.05) is 5.73 Å². The summed E-state index contributed by atoms with van der Waals surface area (Å²) in [5.41, 5.74) is 6.65. The monoisotopic (exact) mass is 288 g/mol. The molecule has 1 aromatic rings. The van der Waals surface area contributed by atoms with E-state index in [1.54, 1.807) is 13.0 Å². The van der Waals surface area contributed by atoms with Gasteiger partial charge in [-0.15, -0.1) is 0 Å². The maximum atomic E-state index is 12.2. The normalized spacial score (nSPS) is 23.1. The molecule has 2 unspecified atom stereocenters. The molecule has 0 amide bonds. The lowest BCUT2D eigenvalue weighted by molar-refractivity contribution is 0.576. The van der Waals surface area contributed by atoms with Crippen molar-refractivity contribution in [3.63, 3.8) is 0 Å². The molecule has 18 heavy (non-hydrogen) atoms. The Hall–Kier alpha value is -0.780. The summed E-state index contributed by atoms with van der Waals surface area (Å²) < 4.78 is 27.0. The molecule has 3 N–H and O–H groups in total. The van der Waals surface area contributed by atoms with E-state index in [1.165, 1.54) is 6.07 Å². The van der Waals surface area contributed by atoms with Crippen molar-refractivity contribution in [3.05, 3.63) is 22.7 Å². The van der Waals surface area contributed by atoms with Gasteiger partial charge < -0.3 is 5.73 Å². The first kappa shape index (κ1) is 13.6. The summed E-state index contributed by atoms with van der Waals surface area (Å²) >= 11 is 5.92. The van der Waals surface area contributed by atoms with Gasteiger partial charge in [-0.05, 0) is 37.0 Å². The second-order valence-electron chi connectivity index (χ2n) is 4.78. The second-order valence-corrected chi connectivity index (χ2v) is 6.87. The summed E-state index contributed by atoms with van der Waals surface area (Å²) in [5.74, 6) is 0.463. The van der Waals surface area contributed by atoms with E-state index in [4.69, 9.17) is 17.3 Å². The van der Waals surface area contributed by atoms with Gasteiger partial charge in [0.05, 0.1) is 15.6 Å². The fraction of sp³-hybridized carbons (Fsp3) is 0.500. The van der Waals surface area contributed by atoms with Crippen LogP contribution in [0.5, 0.6) is 0 Å². The zero-order valence-electron chi connectivity index (χ0n) is 10.4. The number of hydrogen-bond acceptors (Lipinski definition) is 3. The summed E-state index contributed by atoms with van der Waals surface area (Å²) in [6.45, 7) is 3.80. The van der Waals surface area contributed by atoms with Crippen LogP contribution in [0.25, 0.3) is 0 Å². The number of anilines is 1. The highest BCUT2D eigenvalue weighted by molar-refractivity contribution is 7.89. The Morgan fingerprint density at radius 2 is 2.17 bits per heavy atom. The molecule has 0 heterocycles. The Labute approximate surface area is 113 Å². The van der Waals surface area contributed by atoms with Gasteiger partial charge in [-0.1, -0.05) is 24.9 Å². The van der Waals surface area contributed by atoms with Crippen molar-refractivity contribution in [3.8, 4) is 0 Å². The first-order valence-electron chi connectivity index (χ1n) is 5.93. The quantitative estimate of drug-likeness (QED) is 0.835. The zero-order valence-corrected chi connectivity index (χ0v) is 12.0. The first-order valence-corrected chi connectivity index (χ1v) is 7.79. The van der Waals surface area contributed by atoms with Crippen molar-refractivity contribution in [1.82, 2.24) is 4.72 Å². The molecule has 0 spiro atoms. The first-order chi connectivity index (χ1) is 8.35. The molecule has 0 saturated heterocycles. The van der Waals surface area contributed by atoms with Crippen LogP contribution in [0.1, 0.15) is 25.3 Å². The van der Waals surface area contributed by atoms with Crippen LogP contribution in [0.3, 0.4) is 0 Å². The summed E-state index contributed by atoms with van der Waals surface area (Å²) in [6.07, 6.45) is 1.91. The van der Waals surface area contributed by atoms with Crippen LogP contribution in [0.4, 0.5) is 5.69 Å². The van der Waals surface area contributed by atoms with Crippen molar-refractivity contribution >= 4 is 27.3 Å². The second kappa shape index (κ2) is 4.72. The van der Waals surface area contributed by atoms with E-state index in [-0.39, 0.29) is 10.9 Å². The van der Waals surface area contributed by atoms with E-state index in [0.717, 1.165) is 12.8 Å². The summed E-state index contributed by atoms with van der Waals surface area (Å²) in [7, 11) is -3.49. The molecule has 4 nitrogen and oxygen atoms in total. The molecule has 0 aromatic heterocycles. The van der Waals surface area contributed by atoms with E-state index < -0.39 is 10.0 Å². The Balaban J connectivity index is 2.25. The highest BCUT2D eigenvalue weighted by atomic mass is 35.5. The average Bonchev–Trinajstić information content (AvgIpc) is 3.02. The van der Waals surface area contributed by atoms with Crippen LogP contribution in [-0.2, 0) is 10.0 Å². The van der Waals surface area contributed by atoms with E-state index >= 15 is 0 Å². The number of aryl methyl sites for hydroxylation is 1. The topological polar surface area (TPSA) is 72.2 Å². The van der Waals surface area contributed by atoms with Gasteiger partial charge in [-0.25, -0.2) is 13.1 Å². The van der Waals surface area contributed by atoms with Crippen molar-refractivity contribution in [2.24, 2.45) is 5.92 Å². The lowest BCUT2D eigenvalue weighted by Gasteiger charge is -2.09. The molecule has 0 radical (unpaired) electrons. The third-order valence-electron chi connectivity index (χ3n) is 3.32. The minimum absolute atomic E-state index is 0.0669. The SMILES string of the molecule is CCC1CC1NS(=O)(=O)c1cc(C)c(Cl)c(N)c1. The molecule has 0 aliphatic heterocycles. The fourth-order valence-electron chi connectivity index (χ4n) is 2.03. The molecule has 1 saturated carbocycles. The van der Waals surface area contributed by atoms with E-state index in [1.807, 2.05) is 0 Å². The Bertz CT molecular complexity index is 548. The number of benzene rings is 1. The summed E-state index contributed by atoms with van der Waals surface area (Å²) in [5, 5.41) is 0.409. The van der Waals surface area contributed by atoms with Gasteiger partial charge in [0.25, 0.3) is 0 Å². The summed E-state index contributed by atoms with van der Waals surface area (Å²) in [6, 6.07) is 3.02. The number of hydrogen-bond donors (Lipinski definition) is 2. The van der Waals surface area contributed by atoms with Crippen LogP contribution < -0.4 is 10.5 Å². The maximum Gasteiger partial charge on any atom is 0.240 e. The average molecular weight is 289 g/mol.